The third kappa shape index (κ3) is 1.81. The van der Waals surface area contributed by atoms with Gasteiger partial charge in [-0.25, -0.2) is 0 Å². The highest BCUT2D eigenvalue weighted by Gasteiger charge is 2.64. The molecule has 2 rings (SSSR count). The molecular weight excluding hydrogens is 214 g/mol. The Morgan fingerprint density at radius 1 is 1.41 bits per heavy atom. The molecule has 0 unspecified atom stereocenters. The lowest BCUT2D eigenvalue weighted by molar-refractivity contribution is 0.0945. The maximum Gasteiger partial charge on any atom is 0.267 e. The summed E-state index contributed by atoms with van der Waals surface area (Å²) in [5.41, 5.74) is 7.27. The zero-order chi connectivity index (χ0) is 12.8. The highest BCUT2D eigenvalue weighted by molar-refractivity contribution is 5.93. The Hall–Kier alpha value is -1.45. The van der Waals surface area contributed by atoms with E-state index < -0.39 is 0 Å². The van der Waals surface area contributed by atoms with Crippen LogP contribution in [0.2, 0.25) is 0 Å². The van der Waals surface area contributed by atoms with Crippen LogP contribution in [0.5, 0.6) is 0 Å². The first-order chi connectivity index (χ1) is 7.76. The summed E-state index contributed by atoms with van der Waals surface area (Å²) in [5.74, 6) is 0.450. The van der Waals surface area contributed by atoms with E-state index in [0.29, 0.717) is 28.1 Å². The van der Waals surface area contributed by atoms with Crippen molar-refractivity contribution in [1.82, 2.24) is 10.3 Å². The minimum absolute atomic E-state index is 0.0831. The molecule has 0 aromatic carbocycles. The number of aromatic nitrogens is 1. The zero-order valence-corrected chi connectivity index (χ0v) is 10.9. The highest BCUT2D eigenvalue weighted by Crippen LogP contribution is 2.67. The number of carbonyl (C=O) groups excluding carboxylic acids is 1. The van der Waals surface area contributed by atoms with E-state index in [-0.39, 0.29) is 5.91 Å². The van der Waals surface area contributed by atoms with Crippen molar-refractivity contribution in [2.45, 2.75) is 27.7 Å². The van der Waals surface area contributed by atoms with Crippen molar-refractivity contribution in [3.63, 3.8) is 0 Å². The van der Waals surface area contributed by atoms with Crippen LogP contribution < -0.4 is 11.1 Å². The maximum atomic E-state index is 11.8. The Balaban J connectivity index is 1.91. The molecule has 4 heteroatoms. The number of hydrogen-bond acceptors (Lipinski definition) is 2. The number of H-pyrrole nitrogens is 1. The predicted octanol–water partition coefficient (Wildman–Crippen LogP) is 2.01. The molecule has 4 nitrogen and oxygen atoms in total. The van der Waals surface area contributed by atoms with Gasteiger partial charge in [0.05, 0.1) is 0 Å². The summed E-state index contributed by atoms with van der Waals surface area (Å²) in [6.45, 7) is 9.71. The van der Waals surface area contributed by atoms with Gasteiger partial charge in [-0.05, 0) is 22.8 Å². The number of nitrogens with one attached hydrogen (secondary N) is 2. The topological polar surface area (TPSA) is 70.9 Å². The van der Waals surface area contributed by atoms with E-state index in [4.69, 9.17) is 5.73 Å². The standard InChI is InChI=1S/C13H21N3O/c1-12(2)10(13(12,3)4)7-16-11(17)9-5-8(14)6-15-9/h5-6,10,15H,7,14H2,1-4H3,(H,16,17). The van der Waals surface area contributed by atoms with Crippen LogP contribution in [-0.2, 0) is 0 Å². The average Bonchev–Trinajstić information content (AvgIpc) is 2.55. The molecule has 1 aromatic rings. The molecule has 1 amide bonds. The molecule has 0 spiro atoms. The Morgan fingerprint density at radius 2 is 2.00 bits per heavy atom. The molecule has 1 fully saturated rings. The van der Waals surface area contributed by atoms with Gasteiger partial charge in [-0.3, -0.25) is 4.79 Å². The Kier molecular flexibility index (Phi) is 2.49. The van der Waals surface area contributed by atoms with E-state index in [1.807, 2.05) is 0 Å². The Morgan fingerprint density at radius 3 is 2.41 bits per heavy atom. The molecule has 0 radical (unpaired) electrons. The van der Waals surface area contributed by atoms with Crippen LogP contribution in [0.1, 0.15) is 38.2 Å². The molecule has 1 aliphatic carbocycles. The fourth-order valence-corrected chi connectivity index (χ4v) is 2.68. The van der Waals surface area contributed by atoms with Crippen molar-refractivity contribution in [3.8, 4) is 0 Å². The van der Waals surface area contributed by atoms with Crippen molar-refractivity contribution in [1.29, 1.82) is 0 Å². The first kappa shape index (κ1) is 12.0. The SMILES string of the molecule is CC1(C)C(CNC(=O)c2cc(N)c[nH]2)C1(C)C. The molecule has 1 aliphatic rings. The van der Waals surface area contributed by atoms with Crippen LogP contribution in [-0.4, -0.2) is 17.4 Å². The number of carbonyl (C=O) groups is 1. The van der Waals surface area contributed by atoms with Gasteiger partial charge in [-0.1, -0.05) is 27.7 Å². The number of anilines is 1. The van der Waals surface area contributed by atoms with Crippen molar-refractivity contribution in [3.05, 3.63) is 18.0 Å². The van der Waals surface area contributed by atoms with E-state index >= 15 is 0 Å². The number of aromatic amines is 1. The van der Waals surface area contributed by atoms with Crippen LogP contribution in [0.3, 0.4) is 0 Å². The fraction of sp³-hybridized carbons (Fsp3) is 0.615. The first-order valence-corrected chi connectivity index (χ1v) is 5.99. The molecule has 1 aromatic heterocycles. The summed E-state index contributed by atoms with van der Waals surface area (Å²) in [7, 11) is 0. The summed E-state index contributed by atoms with van der Waals surface area (Å²) in [4.78, 5) is 14.7. The predicted molar refractivity (Wildman–Crippen MR) is 68.6 cm³/mol. The van der Waals surface area contributed by atoms with Crippen LogP contribution in [0.4, 0.5) is 5.69 Å². The minimum Gasteiger partial charge on any atom is -0.397 e. The summed E-state index contributed by atoms with van der Waals surface area (Å²) < 4.78 is 0. The van der Waals surface area contributed by atoms with Gasteiger partial charge in [0.1, 0.15) is 5.69 Å². The van der Waals surface area contributed by atoms with Crippen LogP contribution in [0.15, 0.2) is 12.3 Å². The molecule has 17 heavy (non-hydrogen) atoms. The highest BCUT2D eigenvalue weighted by atomic mass is 16.1. The number of nitrogen functional groups attached to an aromatic ring is 1. The Bertz CT molecular complexity index is 431. The fourth-order valence-electron chi connectivity index (χ4n) is 2.68. The lowest BCUT2D eigenvalue weighted by atomic mass is 10.0. The third-order valence-electron chi connectivity index (χ3n) is 4.74. The summed E-state index contributed by atoms with van der Waals surface area (Å²) in [6, 6.07) is 1.65. The van der Waals surface area contributed by atoms with Gasteiger partial charge in [0.25, 0.3) is 5.91 Å². The molecular formula is C13H21N3O. The zero-order valence-electron chi connectivity index (χ0n) is 10.9. The lowest BCUT2D eigenvalue weighted by Crippen LogP contribution is -2.27. The normalized spacial score (nSPS) is 21.2. The minimum atomic E-state index is -0.0831. The van der Waals surface area contributed by atoms with Crippen molar-refractivity contribution < 1.29 is 4.79 Å². The summed E-state index contributed by atoms with van der Waals surface area (Å²) >= 11 is 0. The van der Waals surface area contributed by atoms with E-state index in [1.165, 1.54) is 0 Å². The number of amides is 1. The van der Waals surface area contributed by atoms with Gasteiger partial charge < -0.3 is 16.0 Å². The van der Waals surface area contributed by atoms with E-state index in [2.05, 4.69) is 38.0 Å². The molecule has 4 N–H and O–H groups in total. The molecule has 0 bridgehead atoms. The van der Waals surface area contributed by atoms with Gasteiger partial charge in [0.2, 0.25) is 0 Å². The van der Waals surface area contributed by atoms with Gasteiger partial charge in [0, 0.05) is 18.4 Å². The van der Waals surface area contributed by atoms with Crippen molar-refractivity contribution in [2.24, 2.45) is 16.7 Å². The third-order valence-corrected chi connectivity index (χ3v) is 4.74. The maximum absolute atomic E-state index is 11.8. The van der Waals surface area contributed by atoms with Crippen molar-refractivity contribution >= 4 is 11.6 Å². The Labute approximate surface area is 102 Å². The molecule has 1 heterocycles. The summed E-state index contributed by atoms with van der Waals surface area (Å²) in [6.07, 6.45) is 1.62. The van der Waals surface area contributed by atoms with Crippen molar-refractivity contribution in [2.75, 3.05) is 12.3 Å². The van der Waals surface area contributed by atoms with Gasteiger partial charge in [-0.15, -0.1) is 0 Å². The second-order valence-electron chi connectivity index (χ2n) is 6.05. The molecule has 0 atom stereocenters. The molecule has 1 saturated carbocycles. The van der Waals surface area contributed by atoms with Gasteiger partial charge in [-0.2, -0.15) is 0 Å². The van der Waals surface area contributed by atoms with Gasteiger partial charge in [0.15, 0.2) is 0 Å². The van der Waals surface area contributed by atoms with Crippen LogP contribution >= 0.6 is 0 Å². The second-order valence-corrected chi connectivity index (χ2v) is 6.05. The second kappa shape index (κ2) is 3.52. The smallest absolute Gasteiger partial charge is 0.267 e. The monoisotopic (exact) mass is 235 g/mol. The molecule has 94 valence electrons. The molecule has 0 aliphatic heterocycles. The average molecular weight is 235 g/mol. The molecule has 0 saturated heterocycles. The largest absolute Gasteiger partial charge is 0.397 e. The van der Waals surface area contributed by atoms with Crippen LogP contribution in [0, 0.1) is 16.7 Å². The van der Waals surface area contributed by atoms with E-state index in [1.54, 1.807) is 12.3 Å². The lowest BCUT2D eigenvalue weighted by Gasteiger charge is -2.04. The number of hydrogen-bond donors (Lipinski definition) is 3. The summed E-state index contributed by atoms with van der Waals surface area (Å²) in [5, 5.41) is 2.96. The van der Waals surface area contributed by atoms with Crippen LogP contribution in [0.25, 0.3) is 0 Å². The number of rotatable bonds is 3. The van der Waals surface area contributed by atoms with E-state index in [9.17, 15) is 4.79 Å². The number of nitrogens with two attached hydrogens (primary N) is 1. The van der Waals surface area contributed by atoms with Gasteiger partial charge >= 0.3 is 0 Å². The van der Waals surface area contributed by atoms with E-state index in [0.717, 1.165) is 6.54 Å². The quantitative estimate of drug-likeness (QED) is 0.750. The first-order valence-electron chi connectivity index (χ1n) is 5.99.